The van der Waals surface area contributed by atoms with E-state index in [2.05, 4.69) is 0 Å². The monoisotopic (exact) mass is 205 g/mol. The molecule has 1 aliphatic rings. The summed E-state index contributed by atoms with van der Waals surface area (Å²) < 4.78 is 24.2. The number of carbonyl (C=O) groups excluding carboxylic acids is 1. The molecule has 0 saturated heterocycles. The number of hydrogen-bond acceptors (Lipinski definition) is 1. The molecule has 2 rings (SSSR count). The number of benzene rings is 1. The highest BCUT2D eigenvalue weighted by Crippen LogP contribution is 2.27. The predicted octanol–water partition coefficient (Wildman–Crippen LogP) is 3.69. The standard InChI is InChI=1S/C14H18O/c15-14-11-7-2-1-6-10-13(14)12-8-4-3-5-9-12/h3-5,8-9,13H,1-2,6-7,10-11H2/i11D2,13D. The van der Waals surface area contributed by atoms with Crippen molar-refractivity contribution in [2.75, 3.05) is 0 Å². The lowest BCUT2D eigenvalue weighted by Crippen LogP contribution is -2.14. The molecule has 1 nitrogen and oxygen atoms in total. The summed E-state index contributed by atoms with van der Waals surface area (Å²) in [5.41, 5.74) is 0.612. The minimum Gasteiger partial charge on any atom is -0.299 e. The maximum absolute atomic E-state index is 12.4. The number of carbonyl (C=O) groups is 1. The second-order valence-electron chi connectivity index (χ2n) is 3.91. The molecule has 1 fully saturated rings. The van der Waals surface area contributed by atoms with Crippen LogP contribution in [0.1, 0.15) is 54.0 Å². The summed E-state index contributed by atoms with van der Waals surface area (Å²) in [5, 5.41) is 0. The van der Waals surface area contributed by atoms with Gasteiger partial charge in [0.1, 0.15) is 5.78 Å². The van der Waals surface area contributed by atoms with Crippen molar-refractivity contribution >= 4 is 5.78 Å². The Bertz CT molecular complexity index is 430. The fourth-order valence-corrected chi connectivity index (χ4v) is 1.94. The molecule has 0 spiro atoms. The third kappa shape index (κ3) is 2.68. The molecule has 15 heavy (non-hydrogen) atoms. The van der Waals surface area contributed by atoms with Gasteiger partial charge in [0.05, 0.1) is 0 Å². The van der Waals surface area contributed by atoms with Gasteiger partial charge in [-0.15, -0.1) is 0 Å². The van der Waals surface area contributed by atoms with Crippen LogP contribution in [0.15, 0.2) is 30.3 Å². The van der Waals surface area contributed by atoms with Gasteiger partial charge in [-0.2, -0.15) is 0 Å². The molecule has 0 bridgehead atoms. The number of Topliss-reactive ketones (excluding diaryl/α,β-unsaturated/α-hetero) is 1. The fraction of sp³-hybridized carbons (Fsp3) is 0.500. The molecular weight excluding hydrogens is 184 g/mol. The Morgan fingerprint density at radius 1 is 1.13 bits per heavy atom. The van der Waals surface area contributed by atoms with Gasteiger partial charge in [-0.05, 0) is 18.4 Å². The largest absolute Gasteiger partial charge is 0.299 e. The van der Waals surface area contributed by atoms with Crippen LogP contribution in [0, 0.1) is 0 Å². The maximum Gasteiger partial charge on any atom is 0.140 e. The molecule has 0 N–H and O–H groups in total. The van der Waals surface area contributed by atoms with E-state index in [9.17, 15) is 4.79 Å². The van der Waals surface area contributed by atoms with Crippen molar-refractivity contribution in [2.24, 2.45) is 0 Å². The first-order valence-corrected chi connectivity index (χ1v) is 5.57. The molecule has 1 heteroatoms. The van der Waals surface area contributed by atoms with Crippen LogP contribution in [0.25, 0.3) is 0 Å². The van der Waals surface area contributed by atoms with E-state index in [-0.39, 0.29) is 6.42 Å². The topological polar surface area (TPSA) is 17.1 Å². The van der Waals surface area contributed by atoms with E-state index in [0.717, 1.165) is 19.3 Å². The van der Waals surface area contributed by atoms with Gasteiger partial charge in [-0.3, -0.25) is 4.79 Å². The van der Waals surface area contributed by atoms with E-state index in [1.807, 2.05) is 6.07 Å². The third-order valence-electron chi connectivity index (χ3n) is 2.79. The first-order valence-electron chi connectivity index (χ1n) is 7.07. The summed E-state index contributed by atoms with van der Waals surface area (Å²) in [4.78, 5) is 12.4. The molecule has 1 aliphatic carbocycles. The zero-order valence-electron chi connectivity index (χ0n) is 11.8. The van der Waals surface area contributed by atoms with Crippen LogP contribution in [0.5, 0.6) is 0 Å². The predicted molar refractivity (Wildman–Crippen MR) is 61.9 cm³/mol. The molecule has 0 radical (unpaired) electrons. The average molecular weight is 205 g/mol. The molecule has 80 valence electrons. The lowest BCUT2D eigenvalue weighted by atomic mass is 9.85. The highest BCUT2D eigenvalue weighted by Gasteiger charge is 2.20. The SMILES string of the molecule is [2H]C1([2H])CCCCCC([2H])(c2ccccc2)C1=O. The summed E-state index contributed by atoms with van der Waals surface area (Å²) in [7, 11) is 0. The van der Waals surface area contributed by atoms with Gasteiger partial charge in [0.25, 0.3) is 0 Å². The van der Waals surface area contributed by atoms with Crippen LogP contribution in [0.2, 0.25) is 0 Å². The summed E-state index contributed by atoms with van der Waals surface area (Å²) in [5.74, 6) is -2.01. The van der Waals surface area contributed by atoms with Gasteiger partial charge in [0, 0.05) is 16.4 Å². The molecule has 1 unspecified atom stereocenters. The van der Waals surface area contributed by atoms with Crippen LogP contribution in [-0.4, -0.2) is 5.78 Å². The minimum absolute atomic E-state index is 0.235. The second-order valence-corrected chi connectivity index (χ2v) is 3.91. The van der Waals surface area contributed by atoms with Crippen molar-refractivity contribution in [1.82, 2.24) is 0 Å². The average Bonchev–Trinajstić information content (AvgIpc) is 2.37. The van der Waals surface area contributed by atoms with E-state index in [0.29, 0.717) is 12.0 Å². The highest BCUT2D eigenvalue weighted by molar-refractivity contribution is 5.85. The molecule has 0 aromatic heterocycles. The Labute approximate surface area is 95.7 Å². The Balaban J connectivity index is 2.41. The van der Waals surface area contributed by atoms with Crippen molar-refractivity contribution in [3.63, 3.8) is 0 Å². The third-order valence-corrected chi connectivity index (χ3v) is 2.79. The van der Waals surface area contributed by atoms with Crippen molar-refractivity contribution < 1.29 is 8.91 Å². The lowest BCUT2D eigenvalue weighted by Gasteiger charge is -2.18. The van der Waals surface area contributed by atoms with E-state index < -0.39 is 18.1 Å². The van der Waals surface area contributed by atoms with E-state index in [1.54, 1.807) is 24.3 Å². The van der Waals surface area contributed by atoms with Gasteiger partial charge in [-0.25, -0.2) is 0 Å². The Morgan fingerprint density at radius 2 is 1.87 bits per heavy atom. The van der Waals surface area contributed by atoms with Crippen LogP contribution < -0.4 is 0 Å². The molecule has 0 heterocycles. The summed E-state index contributed by atoms with van der Waals surface area (Å²) in [6.45, 7) is 0. The molecule has 1 atom stereocenters. The van der Waals surface area contributed by atoms with Crippen molar-refractivity contribution in [1.29, 1.82) is 0 Å². The molecule has 0 aliphatic heterocycles. The molecular formula is C14H18O. The first kappa shape index (κ1) is 7.21. The molecule has 1 aromatic carbocycles. The van der Waals surface area contributed by atoms with E-state index in [1.165, 1.54) is 0 Å². The zero-order valence-corrected chi connectivity index (χ0v) is 8.83. The summed E-state index contributed by atoms with van der Waals surface area (Å²) in [6, 6.07) is 8.94. The number of hydrogen-bond donors (Lipinski definition) is 0. The maximum atomic E-state index is 12.4. The quantitative estimate of drug-likeness (QED) is 0.683. The first-order chi connectivity index (χ1) is 8.47. The minimum atomic E-state index is -1.88. The van der Waals surface area contributed by atoms with Gasteiger partial charge < -0.3 is 0 Å². The van der Waals surface area contributed by atoms with Crippen LogP contribution >= 0.6 is 0 Å². The normalized spacial score (nSPS) is 34.4. The van der Waals surface area contributed by atoms with Crippen LogP contribution in [0.4, 0.5) is 0 Å². The lowest BCUT2D eigenvalue weighted by molar-refractivity contribution is -0.121. The molecule has 0 amide bonds. The number of rotatable bonds is 1. The van der Waals surface area contributed by atoms with Crippen molar-refractivity contribution in [3.05, 3.63) is 35.9 Å². The zero-order chi connectivity index (χ0) is 13.2. The Hall–Kier alpha value is -1.11. The van der Waals surface area contributed by atoms with E-state index >= 15 is 0 Å². The highest BCUT2D eigenvalue weighted by atomic mass is 16.1. The van der Waals surface area contributed by atoms with Gasteiger partial charge in [0.2, 0.25) is 0 Å². The Kier molecular flexibility index (Phi) is 2.45. The summed E-state index contributed by atoms with van der Waals surface area (Å²) in [6.07, 6.45) is 1.19. The van der Waals surface area contributed by atoms with Gasteiger partial charge >= 0.3 is 0 Å². The second kappa shape index (κ2) is 5.11. The van der Waals surface area contributed by atoms with E-state index in [4.69, 9.17) is 4.11 Å². The summed E-state index contributed by atoms with van der Waals surface area (Å²) >= 11 is 0. The number of ketones is 1. The molecule has 1 saturated carbocycles. The fourth-order valence-electron chi connectivity index (χ4n) is 1.94. The molecule has 1 aromatic rings. The van der Waals surface area contributed by atoms with Gasteiger partial charge in [0.15, 0.2) is 0 Å². The Morgan fingerprint density at radius 3 is 2.67 bits per heavy atom. The van der Waals surface area contributed by atoms with Crippen LogP contribution in [0.3, 0.4) is 0 Å². The van der Waals surface area contributed by atoms with Crippen LogP contribution in [-0.2, 0) is 4.79 Å². The van der Waals surface area contributed by atoms with Gasteiger partial charge in [-0.1, -0.05) is 49.6 Å². The van der Waals surface area contributed by atoms with Crippen molar-refractivity contribution in [3.8, 4) is 0 Å². The van der Waals surface area contributed by atoms with Crippen molar-refractivity contribution in [2.45, 2.75) is 44.4 Å². The smallest absolute Gasteiger partial charge is 0.140 e.